The van der Waals surface area contributed by atoms with Crippen LogP contribution in [-0.4, -0.2) is 21.6 Å². The molecule has 4 aromatic rings. The molecule has 1 heterocycles. The summed E-state index contributed by atoms with van der Waals surface area (Å²) in [4.78, 5) is 37.4. The Kier molecular flexibility index (Phi) is 6.12. The number of benzene rings is 3. The quantitative estimate of drug-likeness (QED) is 0.468. The molecule has 0 unspecified atom stereocenters. The summed E-state index contributed by atoms with van der Waals surface area (Å²) >= 11 is 0. The topological polar surface area (TPSA) is 106 Å². The summed E-state index contributed by atoms with van der Waals surface area (Å²) in [5.74, 6) is -2.29. The van der Waals surface area contributed by atoms with Gasteiger partial charge in [-0.25, -0.2) is 9.18 Å². The fourth-order valence-corrected chi connectivity index (χ4v) is 3.15. The number of aryl methyl sites for hydroxylation is 1. The number of para-hydroxylation sites is 1. The average molecular weight is 446 g/mol. The van der Waals surface area contributed by atoms with E-state index in [1.807, 2.05) is 25.1 Å². The molecule has 0 aliphatic heterocycles. The van der Waals surface area contributed by atoms with Crippen molar-refractivity contribution in [2.75, 3.05) is 10.6 Å². The normalized spacial score (nSPS) is 10.6. The number of hydrogen-bond donors (Lipinski definition) is 2. The van der Waals surface area contributed by atoms with Crippen LogP contribution in [0.25, 0.3) is 11.5 Å². The molecular formula is C24H19FN4O4. The van der Waals surface area contributed by atoms with Gasteiger partial charge in [0.2, 0.25) is 11.8 Å². The van der Waals surface area contributed by atoms with Crippen molar-refractivity contribution in [1.29, 1.82) is 0 Å². The predicted molar refractivity (Wildman–Crippen MR) is 120 cm³/mol. The molecule has 0 saturated carbocycles. The molecule has 33 heavy (non-hydrogen) atoms. The van der Waals surface area contributed by atoms with E-state index in [1.54, 1.807) is 30.3 Å². The van der Waals surface area contributed by atoms with E-state index in [4.69, 9.17) is 4.42 Å². The van der Waals surface area contributed by atoms with Gasteiger partial charge in [-0.05, 0) is 61.0 Å². The van der Waals surface area contributed by atoms with E-state index in [9.17, 15) is 18.8 Å². The van der Waals surface area contributed by atoms with Crippen LogP contribution in [0.2, 0.25) is 0 Å². The molecule has 2 amide bonds. The van der Waals surface area contributed by atoms with Gasteiger partial charge in [0.25, 0.3) is 5.91 Å². The lowest BCUT2D eigenvalue weighted by molar-refractivity contribution is -0.117. The van der Waals surface area contributed by atoms with Crippen LogP contribution in [0.3, 0.4) is 0 Å². The van der Waals surface area contributed by atoms with E-state index < -0.39 is 29.9 Å². The van der Waals surface area contributed by atoms with Crippen molar-refractivity contribution in [3.63, 3.8) is 0 Å². The van der Waals surface area contributed by atoms with Gasteiger partial charge in [0.1, 0.15) is 12.4 Å². The van der Waals surface area contributed by atoms with Crippen LogP contribution in [0.1, 0.15) is 15.9 Å². The van der Waals surface area contributed by atoms with Gasteiger partial charge in [-0.2, -0.15) is 4.68 Å². The molecule has 2 N–H and O–H groups in total. The first kappa shape index (κ1) is 21.7. The molecule has 166 valence electrons. The van der Waals surface area contributed by atoms with Gasteiger partial charge >= 0.3 is 5.76 Å². The van der Waals surface area contributed by atoms with Crippen LogP contribution < -0.4 is 16.4 Å². The molecule has 0 bridgehead atoms. The number of carbonyl (C=O) groups excluding carboxylic acids is 2. The van der Waals surface area contributed by atoms with Gasteiger partial charge in [-0.3, -0.25) is 9.59 Å². The zero-order chi connectivity index (χ0) is 23.4. The van der Waals surface area contributed by atoms with Crippen LogP contribution in [-0.2, 0) is 11.3 Å². The Labute approximate surface area is 187 Å². The maximum atomic E-state index is 13.1. The Morgan fingerprint density at radius 1 is 1.00 bits per heavy atom. The number of nitrogens with zero attached hydrogens (tertiary/aromatic N) is 2. The maximum Gasteiger partial charge on any atom is 0.437 e. The Balaban J connectivity index is 1.48. The minimum Gasteiger partial charge on any atom is -0.388 e. The smallest absolute Gasteiger partial charge is 0.388 e. The molecule has 0 saturated heterocycles. The van der Waals surface area contributed by atoms with Gasteiger partial charge in [0.15, 0.2) is 0 Å². The van der Waals surface area contributed by atoms with Crippen LogP contribution in [0.4, 0.5) is 15.8 Å². The van der Waals surface area contributed by atoms with Crippen molar-refractivity contribution in [3.05, 3.63) is 100 Å². The number of hydrogen-bond acceptors (Lipinski definition) is 5. The fraction of sp³-hybridized carbons (Fsp3) is 0.0833. The first-order valence-electron chi connectivity index (χ1n) is 10.00. The van der Waals surface area contributed by atoms with Crippen molar-refractivity contribution in [2.24, 2.45) is 0 Å². The van der Waals surface area contributed by atoms with Gasteiger partial charge in [0, 0.05) is 11.3 Å². The third-order valence-corrected chi connectivity index (χ3v) is 4.71. The average Bonchev–Trinajstić information content (AvgIpc) is 3.14. The Morgan fingerprint density at radius 3 is 2.52 bits per heavy atom. The molecule has 9 heteroatoms. The van der Waals surface area contributed by atoms with Crippen molar-refractivity contribution in [3.8, 4) is 11.5 Å². The van der Waals surface area contributed by atoms with E-state index in [0.29, 0.717) is 11.3 Å². The zero-order valence-electron chi connectivity index (χ0n) is 17.5. The lowest BCUT2D eigenvalue weighted by Crippen LogP contribution is -2.27. The van der Waals surface area contributed by atoms with Crippen molar-refractivity contribution < 1.29 is 18.4 Å². The number of halogens is 1. The summed E-state index contributed by atoms with van der Waals surface area (Å²) in [6, 6.07) is 19.1. The SMILES string of the molecule is Cc1cccc(NC(=O)c2ccccc2NC(=O)Cn2nc(-c3ccc(F)cc3)oc2=O)c1. The highest BCUT2D eigenvalue weighted by Crippen LogP contribution is 2.19. The lowest BCUT2D eigenvalue weighted by Gasteiger charge is -2.11. The minimum absolute atomic E-state index is 0.0364. The van der Waals surface area contributed by atoms with E-state index in [2.05, 4.69) is 15.7 Å². The van der Waals surface area contributed by atoms with E-state index >= 15 is 0 Å². The van der Waals surface area contributed by atoms with E-state index in [-0.39, 0.29) is 17.1 Å². The molecule has 0 fully saturated rings. The number of carbonyl (C=O) groups is 2. The van der Waals surface area contributed by atoms with Crippen LogP contribution in [0, 0.1) is 12.7 Å². The second-order valence-corrected chi connectivity index (χ2v) is 7.26. The monoisotopic (exact) mass is 446 g/mol. The summed E-state index contributed by atoms with van der Waals surface area (Å²) in [5.41, 5.74) is 2.55. The fourth-order valence-electron chi connectivity index (χ4n) is 3.15. The lowest BCUT2D eigenvalue weighted by atomic mass is 10.1. The first-order valence-corrected chi connectivity index (χ1v) is 10.00. The number of nitrogens with one attached hydrogen (secondary N) is 2. The molecular weight excluding hydrogens is 427 g/mol. The standard InChI is InChI=1S/C24H19FN4O4/c1-15-5-4-6-18(13-15)26-22(31)19-7-2-3-8-20(19)27-21(30)14-29-24(32)33-23(28-29)16-9-11-17(25)12-10-16/h2-13H,14H2,1H3,(H,26,31)(H,27,30). The van der Waals surface area contributed by atoms with Crippen molar-refractivity contribution >= 4 is 23.2 Å². The van der Waals surface area contributed by atoms with Gasteiger partial charge < -0.3 is 15.1 Å². The minimum atomic E-state index is -0.838. The number of anilines is 2. The number of amides is 2. The molecule has 8 nitrogen and oxygen atoms in total. The van der Waals surface area contributed by atoms with Crippen LogP contribution >= 0.6 is 0 Å². The van der Waals surface area contributed by atoms with Crippen molar-refractivity contribution in [2.45, 2.75) is 13.5 Å². The summed E-state index contributed by atoms with van der Waals surface area (Å²) in [5, 5.41) is 9.42. The molecule has 0 radical (unpaired) electrons. The highest BCUT2D eigenvalue weighted by molar-refractivity contribution is 6.10. The third kappa shape index (κ3) is 5.21. The number of aromatic nitrogens is 2. The zero-order valence-corrected chi connectivity index (χ0v) is 17.5. The van der Waals surface area contributed by atoms with E-state index in [1.165, 1.54) is 24.3 Å². The predicted octanol–water partition coefficient (Wildman–Crippen LogP) is 3.84. The Morgan fingerprint density at radius 2 is 1.76 bits per heavy atom. The highest BCUT2D eigenvalue weighted by Gasteiger charge is 2.17. The second kappa shape index (κ2) is 9.31. The second-order valence-electron chi connectivity index (χ2n) is 7.26. The summed E-state index contributed by atoms with van der Waals surface area (Å²) in [6.07, 6.45) is 0. The highest BCUT2D eigenvalue weighted by atomic mass is 19.1. The van der Waals surface area contributed by atoms with Crippen LogP contribution in [0.15, 0.2) is 82.0 Å². The van der Waals surface area contributed by atoms with E-state index in [0.717, 1.165) is 10.2 Å². The first-order chi connectivity index (χ1) is 15.9. The Hall–Kier alpha value is -4.53. The van der Waals surface area contributed by atoms with Crippen molar-refractivity contribution in [1.82, 2.24) is 9.78 Å². The molecule has 4 rings (SSSR count). The molecule has 0 atom stereocenters. The summed E-state index contributed by atoms with van der Waals surface area (Å²) in [7, 11) is 0. The van der Waals surface area contributed by atoms with Crippen LogP contribution in [0.5, 0.6) is 0 Å². The summed E-state index contributed by atoms with van der Waals surface area (Å²) < 4.78 is 19.0. The molecule has 3 aromatic carbocycles. The molecule has 0 spiro atoms. The van der Waals surface area contributed by atoms with Gasteiger partial charge in [0.05, 0.1) is 11.3 Å². The third-order valence-electron chi connectivity index (χ3n) is 4.71. The maximum absolute atomic E-state index is 13.1. The Bertz CT molecular complexity index is 1380. The van der Waals surface area contributed by atoms with Gasteiger partial charge in [-0.1, -0.05) is 24.3 Å². The molecule has 0 aliphatic rings. The van der Waals surface area contributed by atoms with Gasteiger partial charge in [-0.15, -0.1) is 5.10 Å². The largest absolute Gasteiger partial charge is 0.437 e. The molecule has 0 aliphatic carbocycles. The molecule has 1 aromatic heterocycles. The summed E-state index contributed by atoms with van der Waals surface area (Å²) in [6.45, 7) is 1.48. The number of rotatable bonds is 6.